The van der Waals surface area contributed by atoms with E-state index in [0.29, 0.717) is 17.9 Å². The van der Waals surface area contributed by atoms with E-state index in [1.807, 2.05) is 6.92 Å². The Balaban J connectivity index is 1.80. The van der Waals surface area contributed by atoms with Gasteiger partial charge in [0.25, 0.3) is 11.8 Å². The van der Waals surface area contributed by atoms with E-state index in [1.165, 1.54) is 13.0 Å². The molecule has 0 aromatic heterocycles. The van der Waals surface area contributed by atoms with E-state index < -0.39 is 42.1 Å². The minimum absolute atomic E-state index is 0.0144. The topological polar surface area (TPSA) is 93.7 Å². The van der Waals surface area contributed by atoms with E-state index in [2.05, 4.69) is 10.6 Å². The van der Waals surface area contributed by atoms with Crippen LogP contribution in [0.3, 0.4) is 0 Å². The summed E-state index contributed by atoms with van der Waals surface area (Å²) in [5.41, 5.74) is 0.339. The molecule has 0 aliphatic carbocycles. The molecule has 7 nitrogen and oxygen atoms in total. The number of amides is 2. The predicted molar refractivity (Wildman–Crippen MR) is 100 cm³/mol. The zero-order valence-electron chi connectivity index (χ0n) is 15.8. The molecule has 0 unspecified atom stereocenters. The number of rotatable bonds is 8. The molecule has 0 bridgehead atoms. The maximum atomic E-state index is 13.2. The van der Waals surface area contributed by atoms with Gasteiger partial charge >= 0.3 is 5.97 Å². The number of hydrogen-bond acceptors (Lipinski definition) is 5. The number of esters is 1. The Labute approximate surface area is 166 Å². The van der Waals surface area contributed by atoms with E-state index in [4.69, 9.17) is 9.47 Å². The standard InChI is InChI=1S/C20H20F2N2O5/c1-3-28-15-7-4-13(5-8-15)20(27)23-11-18(25)29-12(2)19(26)24-14-6-9-16(21)17(22)10-14/h4-10,12H,3,11H2,1-2H3,(H,23,27)(H,24,26)/t12-/m1/s1. The molecule has 29 heavy (non-hydrogen) atoms. The van der Waals surface area contributed by atoms with Gasteiger partial charge in [0.15, 0.2) is 17.7 Å². The molecule has 1 atom stereocenters. The predicted octanol–water partition coefficient (Wildman–Crippen LogP) is 2.66. The summed E-state index contributed by atoms with van der Waals surface area (Å²) >= 11 is 0. The number of carbonyl (C=O) groups is 3. The molecule has 0 radical (unpaired) electrons. The van der Waals surface area contributed by atoms with Crippen LogP contribution in [0.5, 0.6) is 5.75 Å². The van der Waals surface area contributed by atoms with Crippen molar-refractivity contribution in [2.45, 2.75) is 20.0 Å². The van der Waals surface area contributed by atoms with Gasteiger partial charge in [-0.05, 0) is 50.2 Å². The summed E-state index contributed by atoms with van der Waals surface area (Å²) in [4.78, 5) is 35.9. The second kappa shape index (κ2) is 10.2. The van der Waals surface area contributed by atoms with E-state index in [9.17, 15) is 23.2 Å². The van der Waals surface area contributed by atoms with Crippen molar-refractivity contribution in [2.75, 3.05) is 18.5 Å². The summed E-state index contributed by atoms with van der Waals surface area (Å²) in [5.74, 6) is -3.62. The van der Waals surface area contributed by atoms with Crippen LogP contribution in [0.2, 0.25) is 0 Å². The molecule has 2 amide bonds. The summed E-state index contributed by atoms with van der Waals surface area (Å²) in [6.45, 7) is 3.20. The van der Waals surface area contributed by atoms with Gasteiger partial charge in [0.2, 0.25) is 0 Å². The number of ether oxygens (including phenoxy) is 2. The normalized spacial score (nSPS) is 11.3. The lowest BCUT2D eigenvalue weighted by atomic mass is 10.2. The molecule has 154 valence electrons. The number of halogens is 2. The van der Waals surface area contributed by atoms with Crippen molar-refractivity contribution in [3.63, 3.8) is 0 Å². The van der Waals surface area contributed by atoms with Crippen molar-refractivity contribution in [2.24, 2.45) is 0 Å². The van der Waals surface area contributed by atoms with Crippen LogP contribution in [0.4, 0.5) is 14.5 Å². The van der Waals surface area contributed by atoms with Crippen LogP contribution in [0.15, 0.2) is 42.5 Å². The minimum Gasteiger partial charge on any atom is -0.494 e. The molecule has 0 spiro atoms. The molecule has 0 saturated heterocycles. The zero-order valence-corrected chi connectivity index (χ0v) is 15.8. The second-order valence-electron chi connectivity index (χ2n) is 5.89. The van der Waals surface area contributed by atoms with Gasteiger partial charge in [0, 0.05) is 17.3 Å². The average molecular weight is 406 g/mol. The van der Waals surface area contributed by atoms with Crippen LogP contribution in [0.25, 0.3) is 0 Å². The van der Waals surface area contributed by atoms with Crippen LogP contribution in [0, 0.1) is 11.6 Å². The summed E-state index contributed by atoms with van der Waals surface area (Å²) in [7, 11) is 0. The number of anilines is 1. The monoisotopic (exact) mass is 406 g/mol. The molecule has 0 heterocycles. The molecule has 0 fully saturated rings. The Morgan fingerprint density at radius 3 is 2.34 bits per heavy atom. The van der Waals surface area contributed by atoms with Gasteiger partial charge in [-0.1, -0.05) is 0 Å². The summed E-state index contributed by atoms with van der Waals surface area (Å²) in [5, 5.41) is 4.68. The Hall–Kier alpha value is -3.49. The molecule has 0 saturated carbocycles. The van der Waals surface area contributed by atoms with Gasteiger partial charge in [-0.3, -0.25) is 14.4 Å². The first-order chi connectivity index (χ1) is 13.8. The number of hydrogen-bond donors (Lipinski definition) is 2. The Morgan fingerprint density at radius 1 is 1.03 bits per heavy atom. The first-order valence-corrected chi connectivity index (χ1v) is 8.76. The SMILES string of the molecule is CCOc1ccc(C(=O)NCC(=O)O[C@H](C)C(=O)Nc2ccc(F)c(F)c2)cc1. The van der Waals surface area contributed by atoms with Crippen LogP contribution in [0.1, 0.15) is 24.2 Å². The number of nitrogens with one attached hydrogen (secondary N) is 2. The van der Waals surface area contributed by atoms with E-state index in [0.717, 1.165) is 12.1 Å². The largest absolute Gasteiger partial charge is 0.494 e. The van der Waals surface area contributed by atoms with Gasteiger partial charge in [-0.2, -0.15) is 0 Å². The van der Waals surface area contributed by atoms with Gasteiger partial charge in [-0.15, -0.1) is 0 Å². The highest BCUT2D eigenvalue weighted by Gasteiger charge is 2.19. The molecule has 2 aromatic carbocycles. The Bertz CT molecular complexity index is 887. The third-order valence-electron chi connectivity index (χ3n) is 3.69. The fraction of sp³-hybridized carbons (Fsp3) is 0.250. The zero-order chi connectivity index (χ0) is 21.4. The summed E-state index contributed by atoms with van der Waals surface area (Å²) in [6, 6.07) is 9.18. The van der Waals surface area contributed by atoms with E-state index in [-0.39, 0.29) is 5.69 Å². The smallest absolute Gasteiger partial charge is 0.326 e. The van der Waals surface area contributed by atoms with Crippen molar-refractivity contribution >= 4 is 23.5 Å². The molecule has 2 N–H and O–H groups in total. The van der Waals surface area contributed by atoms with Crippen LogP contribution in [-0.4, -0.2) is 37.0 Å². The Morgan fingerprint density at radius 2 is 1.72 bits per heavy atom. The quantitative estimate of drug-likeness (QED) is 0.658. The Kier molecular flexibility index (Phi) is 7.64. The summed E-state index contributed by atoms with van der Waals surface area (Å²) < 4.78 is 36.3. The van der Waals surface area contributed by atoms with Gasteiger partial charge < -0.3 is 20.1 Å². The lowest BCUT2D eigenvalue weighted by Gasteiger charge is -2.14. The summed E-state index contributed by atoms with van der Waals surface area (Å²) in [6.07, 6.45) is -1.21. The maximum Gasteiger partial charge on any atom is 0.326 e. The first kappa shape index (κ1) is 21.8. The third kappa shape index (κ3) is 6.56. The molecule has 9 heteroatoms. The third-order valence-corrected chi connectivity index (χ3v) is 3.69. The average Bonchev–Trinajstić information content (AvgIpc) is 2.69. The van der Waals surface area contributed by atoms with Crippen molar-refractivity contribution < 1.29 is 32.6 Å². The fourth-order valence-corrected chi connectivity index (χ4v) is 2.23. The second-order valence-corrected chi connectivity index (χ2v) is 5.89. The molecule has 2 aromatic rings. The molecular weight excluding hydrogens is 386 g/mol. The first-order valence-electron chi connectivity index (χ1n) is 8.76. The van der Waals surface area contributed by atoms with Crippen molar-refractivity contribution in [1.29, 1.82) is 0 Å². The number of benzene rings is 2. The van der Waals surface area contributed by atoms with E-state index >= 15 is 0 Å². The van der Waals surface area contributed by atoms with Crippen molar-refractivity contribution in [3.05, 3.63) is 59.7 Å². The van der Waals surface area contributed by atoms with E-state index in [1.54, 1.807) is 24.3 Å². The fourth-order valence-electron chi connectivity index (χ4n) is 2.23. The van der Waals surface area contributed by atoms with Crippen LogP contribution in [-0.2, 0) is 14.3 Å². The van der Waals surface area contributed by atoms with Gasteiger partial charge in [0.1, 0.15) is 12.3 Å². The molecular formula is C20H20F2N2O5. The van der Waals surface area contributed by atoms with Crippen molar-refractivity contribution in [1.82, 2.24) is 5.32 Å². The number of carbonyl (C=O) groups excluding carboxylic acids is 3. The lowest BCUT2D eigenvalue weighted by Crippen LogP contribution is -2.35. The molecule has 0 aliphatic rings. The maximum absolute atomic E-state index is 13.2. The highest BCUT2D eigenvalue weighted by atomic mass is 19.2. The van der Waals surface area contributed by atoms with Crippen LogP contribution < -0.4 is 15.4 Å². The van der Waals surface area contributed by atoms with Gasteiger partial charge in [-0.25, -0.2) is 8.78 Å². The van der Waals surface area contributed by atoms with Crippen LogP contribution >= 0.6 is 0 Å². The highest BCUT2D eigenvalue weighted by Crippen LogP contribution is 2.14. The lowest BCUT2D eigenvalue weighted by molar-refractivity contribution is -0.152. The van der Waals surface area contributed by atoms with Gasteiger partial charge in [0.05, 0.1) is 6.61 Å². The van der Waals surface area contributed by atoms with Crippen molar-refractivity contribution in [3.8, 4) is 5.75 Å². The minimum atomic E-state index is -1.21. The highest BCUT2D eigenvalue weighted by molar-refractivity contribution is 5.97. The molecule has 2 rings (SSSR count). The molecule has 0 aliphatic heterocycles.